The van der Waals surface area contributed by atoms with Crippen LogP contribution in [0.4, 0.5) is 0 Å². The van der Waals surface area contributed by atoms with Crippen molar-refractivity contribution in [2.75, 3.05) is 13.1 Å². The zero-order valence-electron chi connectivity index (χ0n) is 11.9. The molecule has 7 heteroatoms. The molecule has 1 aliphatic rings. The van der Waals surface area contributed by atoms with Crippen molar-refractivity contribution < 1.29 is 9.90 Å². The van der Waals surface area contributed by atoms with Crippen LogP contribution in [0, 0.1) is 11.3 Å². The number of nitrogens with zero attached hydrogens (tertiary/aromatic N) is 4. The van der Waals surface area contributed by atoms with Gasteiger partial charge in [0.1, 0.15) is 17.9 Å². The number of amides is 1. The second-order valence-corrected chi connectivity index (χ2v) is 5.34. The number of aromatic amines is 1. The van der Waals surface area contributed by atoms with Crippen LogP contribution < -0.4 is 0 Å². The van der Waals surface area contributed by atoms with E-state index in [4.69, 9.17) is 5.26 Å². The van der Waals surface area contributed by atoms with E-state index in [0.29, 0.717) is 18.7 Å². The zero-order valence-corrected chi connectivity index (χ0v) is 11.9. The van der Waals surface area contributed by atoms with E-state index < -0.39 is 0 Å². The average molecular weight is 297 g/mol. The van der Waals surface area contributed by atoms with Crippen molar-refractivity contribution in [1.29, 1.82) is 5.26 Å². The van der Waals surface area contributed by atoms with Gasteiger partial charge in [0.25, 0.3) is 5.91 Å². The molecule has 1 amide bonds. The lowest BCUT2D eigenvalue weighted by Crippen LogP contribution is -2.39. The van der Waals surface area contributed by atoms with Crippen LogP contribution in [0.5, 0.6) is 5.75 Å². The summed E-state index contributed by atoms with van der Waals surface area (Å²) in [6.07, 6.45) is 3.29. The number of hydrogen-bond acceptors (Lipinski definition) is 5. The van der Waals surface area contributed by atoms with Crippen molar-refractivity contribution in [3.8, 4) is 11.8 Å². The number of carbonyl (C=O) groups is 1. The van der Waals surface area contributed by atoms with E-state index in [0.717, 1.165) is 18.7 Å². The van der Waals surface area contributed by atoms with Gasteiger partial charge in [-0.1, -0.05) is 0 Å². The van der Waals surface area contributed by atoms with Crippen molar-refractivity contribution in [2.24, 2.45) is 0 Å². The first-order valence-corrected chi connectivity index (χ1v) is 7.06. The van der Waals surface area contributed by atoms with Crippen LogP contribution in [0.2, 0.25) is 0 Å². The summed E-state index contributed by atoms with van der Waals surface area (Å²) in [7, 11) is 0. The van der Waals surface area contributed by atoms with Gasteiger partial charge < -0.3 is 10.0 Å². The van der Waals surface area contributed by atoms with E-state index in [-0.39, 0.29) is 23.1 Å². The first kappa shape index (κ1) is 14.1. The van der Waals surface area contributed by atoms with Gasteiger partial charge in [-0.05, 0) is 31.0 Å². The Morgan fingerprint density at radius 2 is 2.32 bits per heavy atom. The summed E-state index contributed by atoms with van der Waals surface area (Å²) >= 11 is 0. The van der Waals surface area contributed by atoms with Gasteiger partial charge >= 0.3 is 0 Å². The first-order valence-electron chi connectivity index (χ1n) is 7.06. The van der Waals surface area contributed by atoms with Crippen molar-refractivity contribution in [2.45, 2.75) is 18.8 Å². The molecule has 0 aliphatic carbocycles. The molecule has 2 aromatic rings. The molecule has 1 aromatic heterocycles. The number of nitriles is 1. The first-order chi connectivity index (χ1) is 10.7. The number of likely N-dealkylation sites (tertiary alicyclic amines) is 1. The van der Waals surface area contributed by atoms with E-state index in [1.807, 2.05) is 6.07 Å². The molecule has 1 aliphatic heterocycles. The second kappa shape index (κ2) is 5.85. The van der Waals surface area contributed by atoms with Crippen LogP contribution >= 0.6 is 0 Å². The predicted octanol–water partition coefficient (Wildman–Crippen LogP) is 1.40. The Kier molecular flexibility index (Phi) is 3.74. The minimum absolute atomic E-state index is 0.0776. The molecule has 0 spiro atoms. The van der Waals surface area contributed by atoms with Crippen LogP contribution in [0.3, 0.4) is 0 Å². The molecule has 2 N–H and O–H groups in total. The molecule has 2 heterocycles. The number of rotatable bonds is 2. The van der Waals surface area contributed by atoms with Gasteiger partial charge in [-0.3, -0.25) is 9.89 Å². The van der Waals surface area contributed by atoms with E-state index in [2.05, 4.69) is 15.2 Å². The third-order valence-corrected chi connectivity index (χ3v) is 3.82. The molecule has 0 radical (unpaired) electrons. The summed E-state index contributed by atoms with van der Waals surface area (Å²) in [6.45, 7) is 1.20. The van der Waals surface area contributed by atoms with Crippen LogP contribution in [0.25, 0.3) is 0 Å². The highest BCUT2D eigenvalue weighted by Gasteiger charge is 2.27. The number of carbonyl (C=O) groups excluding carboxylic acids is 1. The molecule has 1 fully saturated rings. The van der Waals surface area contributed by atoms with Gasteiger partial charge in [0.05, 0.1) is 11.6 Å². The molecule has 7 nitrogen and oxygen atoms in total. The molecule has 1 atom stereocenters. The third kappa shape index (κ3) is 2.76. The maximum Gasteiger partial charge on any atom is 0.254 e. The lowest BCUT2D eigenvalue weighted by molar-refractivity contribution is 0.0704. The lowest BCUT2D eigenvalue weighted by Gasteiger charge is -2.31. The number of nitrogens with one attached hydrogen (secondary N) is 1. The average Bonchev–Trinajstić information content (AvgIpc) is 3.08. The van der Waals surface area contributed by atoms with Gasteiger partial charge in [0.2, 0.25) is 0 Å². The predicted molar refractivity (Wildman–Crippen MR) is 77.1 cm³/mol. The monoisotopic (exact) mass is 297 g/mol. The van der Waals surface area contributed by atoms with Crippen molar-refractivity contribution in [3.05, 3.63) is 41.5 Å². The number of benzene rings is 1. The fraction of sp³-hybridized carbons (Fsp3) is 0.333. The summed E-state index contributed by atoms with van der Waals surface area (Å²) in [5, 5.41) is 25.3. The molecule has 1 aromatic carbocycles. The molecule has 0 bridgehead atoms. The topological polar surface area (TPSA) is 106 Å². The highest BCUT2D eigenvalue weighted by molar-refractivity contribution is 5.95. The second-order valence-electron chi connectivity index (χ2n) is 5.34. The fourth-order valence-electron chi connectivity index (χ4n) is 2.78. The molecule has 1 saturated heterocycles. The molecule has 112 valence electrons. The van der Waals surface area contributed by atoms with Crippen molar-refractivity contribution >= 4 is 5.91 Å². The van der Waals surface area contributed by atoms with Crippen molar-refractivity contribution in [3.63, 3.8) is 0 Å². The van der Waals surface area contributed by atoms with Gasteiger partial charge in [-0.25, -0.2) is 4.98 Å². The van der Waals surface area contributed by atoms with Crippen molar-refractivity contribution in [1.82, 2.24) is 20.1 Å². The number of aromatic hydroxyl groups is 1. The lowest BCUT2D eigenvalue weighted by atomic mass is 9.96. The number of hydrogen-bond donors (Lipinski definition) is 2. The molecule has 0 saturated carbocycles. The smallest absolute Gasteiger partial charge is 0.254 e. The largest absolute Gasteiger partial charge is 0.508 e. The Bertz CT molecular complexity index is 720. The number of phenols is 1. The van der Waals surface area contributed by atoms with Gasteiger partial charge in [-0.15, -0.1) is 0 Å². The Morgan fingerprint density at radius 1 is 1.45 bits per heavy atom. The highest BCUT2D eigenvalue weighted by Crippen LogP contribution is 2.26. The highest BCUT2D eigenvalue weighted by atomic mass is 16.3. The molecular formula is C15H15N5O2. The minimum atomic E-state index is -0.184. The summed E-state index contributed by atoms with van der Waals surface area (Å²) in [4.78, 5) is 18.5. The van der Waals surface area contributed by atoms with Crippen LogP contribution in [0.1, 0.15) is 40.5 Å². The Hall–Kier alpha value is -2.88. The van der Waals surface area contributed by atoms with E-state index >= 15 is 0 Å². The van der Waals surface area contributed by atoms with Crippen LogP contribution in [-0.4, -0.2) is 44.2 Å². The SMILES string of the molecule is N#Cc1cc(O)cc(C(=O)N2CCCC(c3ncn[nH]3)C2)c1. The van der Waals surface area contributed by atoms with Crippen LogP contribution in [-0.2, 0) is 0 Å². The summed E-state index contributed by atoms with van der Waals surface area (Å²) < 4.78 is 0. The Balaban J connectivity index is 1.80. The normalized spacial score (nSPS) is 18.0. The third-order valence-electron chi connectivity index (χ3n) is 3.82. The summed E-state index contributed by atoms with van der Waals surface area (Å²) in [5.41, 5.74) is 0.599. The zero-order chi connectivity index (χ0) is 15.5. The number of piperidine rings is 1. The van der Waals surface area contributed by atoms with E-state index in [1.165, 1.54) is 24.5 Å². The summed E-state index contributed by atoms with van der Waals surface area (Å²) in [5.74, 6) is 0.655. The number of aromatic nitrogens is 3. The molecule has 22 heavy (non-hydrogen) atoms. The summed E-state index contributed by atoms with van der Waals surface area (Å²) in [6, 6.07) is 6.17. The molecule has 3 rings (SSSR count). The van der Waals surface area contributed by atoms with Gasteiger partial charge in [-0.2, -0.15) is 10.4 Å². The minimum Gasteiger partial charge on any atom is -0.508 e. The van der Waals surface area contributed by atoms with Gasteiger partial charge in [0.15, 0.2) is 0 Å². The Labute approximate surface area is 127 Å². The maximum absolute atomic E-state index is 12.6. The van der Waals surface area contributed by atoms with Crippen LogP contribution in [0.15, 0.2) is 24.5 Å². The fourth-order valence-corrected chi connectivity index (χ4v) is 2.78. The van der Waals surface area contributed by atoms with Gasteiger partial charge in [0, 0.05) is 24.6 Å². The molecule has 1 unspecified atom stereocenters. The molecular weight excluding hydrogens is 282 g/mol. The van der Waals surface area contributed by atoms with E-state index in [9.17, 15) is 9.90 Å². The quantitative estimate of drug-likeness (QED) is 0.871. The maximum atomic E-state index is 12.6. The van der Waals surface area contributed by atoms with E-state index in [1.54, 1.807) is 4.90 Å². The standard InChI is InChI=1S/C15H15N5O2/c16-7-10-4-12(6-13(21)5-10)15(22)20-3-1-2-11(8-20)14-17-9-18-19-14/h4-6,9,11,21H,1-3,8H2,(H,17,18,19). The Morgan fingerprint density at radius 3 is 3.05 bits per heavy atom. The number of H-pyrrole nitrogens is 1. The number of phenolic OH excluding ortho intramolecular Hbond substituents is 1.